The highest BCUT2D eigenvalue weighted by Gasteiger charge is 2.52. The van der Waals surface area contributed by atoms with Crippen molar-refractivity contribution >= 4 is 46.2 Å². The molecule has 5 saturated heterocycles. The molecule has 18 nitrogen and oxygen atoms in total. The van der Waals surface area contributed by atoms with Gasteiger partial charge in [-0.2, -0.15) is 13.2 Å². The number of ether oxygens (including phenoxy) is 2. The number of esters is 1. The second kappa shape index (κ2) is 23.6. The summed E-state index contributed by atoms with van der Waals surface area (Å²) >= 11 is 0. The Bertz CT molecular complexity index is 3150. The number of alkyl halides is 3. The van der Waals surface area contributed by atoms with Crippen LogP contribution in [0.4, 0.5) is 18.9 Å². The summed E-state index contributed by atoms with van der Waals surface area (Å²) in [4.78, 5) is 87.7. The first kappa shape index (κ1) is 59.6. The van der Waals surface area contributed by atoms with E-state index in [9.17, 15) is 19.2 Å². The van der Waals surface area contributed by atoms with Crippen LogP contribution >= 0.6 is 0 Å². The summed E-state index contributed by atoms with van der Waals surface area (Å²) in [7, 11) is 4.99. The molecule has 2 aromatic carbocycles. The number of halogens is 3. The van der Waals surface area contributed by atoms with Crippen molar-refractivity contribution in [3.63, 3.8) is 0 Å². The van der Waals surface area contributed by atoms with Gasteiger partial charge in [0, 0.05) is 120 Å². The van der Waals surface area contributed by atoms with Crippen molar-refractivity contribution in [2.24, 2.45) is 16.7 Å². The zero-order chi connectivity index (χ0) is 59.6. The van der Waals surface area contributed by atoms with Gasteiger partial charge in [-0.25, -0.2) is 5.43 Å². The van der Waals surface area contributed by atoms with Gasteiger partial charge in [0.25, 0.3) is 5.91 Å². The molecule has 21 heteroatoms. The highest BCUT2D eigenvalue weighted by molar-refractivity contribution is 5.96. The third-order valence-electron chi connectivity index (χ3n) is 18.8. The van der Waals surface area contributed by atoms with Gasteiger partial charge in [0.05, 0.1) is 48.6 Å². The van der Waals surface area contributed by atoms with E-state index in [-0.39, 0.29) is 61.1 Å². The van der Waals surface area contributed by atoms with Crippen LogP contribution in [0.3, 0.4) is 0 Å². The minimum Gasteiger partial charge on any atom is -0.464 e. The second-order valence-electron chi connectivity index (χ2n) is 26.4. The first-order valence-electron chi connectivity index (χ1n) is 30.3. The fourth-order valence-electron chi connectivity index (χ4n) is 13.9. The van der Waals surface area contributed by atoms with E-state index in [0.717, 1.165) is 61.4 Å². The molecule has 4 amide bonds. The van der Waals surface area contributed by atoms with Gasteiger partial charge in [0.15, 0.2) is 0 Å². The van der Waals surface area contributed by atoms with Crippen molar-refractivity contribution in [1.29, 1.82) is 0 Å². The molecule has 6 aliphatic heterocycles. The van der Waals surface area contributed by atoms with Crippen LogP contribution in [-0.4, -0.2) is 205 Å². The summed E-state index contributed by atoms with van der Waals surface area (Å²) in [6, 6.07) is 13.1. The van der Waals surface area contributed by atoms with Gasteiger partial charge < -0.3 is 34.1 Å². The van der Waals surface area contributed by atoms with Crippen LogP contribution in [0.5, 0.6) is 0 Å². The van der Waals surface area contributed by atoms with Gasteiger partial charge in [-0.3, -0.25) is 48.7 Å². The summed E-state index contributed by atoms with van der Waals surface area (Å²) in [6.45, 7) is 15.2. The molecule has 6 fully saturated rings. The number of anilines is 1. The number of piperazine rings is 1. The lowest BCUT2D eigenvalue weighted by Crippen LogP contribution is -2.62. The van der Waals surface area contributed by atoms with Crippen LogP contribution in [0.15, 0.2) is 54.7 Å². The summed E-state index contributed by atoms with van der Waals surface area (Å²) in [6.07, 6.45) is 1.87. The third-order valence-corrected chi connectivity index (χ3v) is 18.8. The molecule has 1 aliphatic carbocycles. The molecule has 1 unspecified atom stereocenters. The smallest absolute Gasteiger partial charge is 0.406 e. The number of likely N-dealkylation sites (N-methyl/N-ethyl adjacent to an activating group) is 1. The Balaban J connectivity index is 0.926. The van der Waals surface area contributed by atoms with Crippen molar-refractivity contribution in [1.82, 2.24) is 49.8 Å². The first-order valence-corrected chi connectivity index (χ1v) is 30.3. The van der Waals surface area contributed by atoms with Gasteiger partial charge in [-0.1, -0.05) is 58.0 Å². The molecule has 84 heavy (non-hydrogen) atoms. The average Bonchev–Trinajstić information content (AvgIpc) is 2.17. The predicted octanol–water partition coefficient (Wildman–Crippen LogP) is 6.29. The van der Waals surface area contributed by atoms with Gasteiger partial charge in [0.1, 0.15) is 24.7 Å². The number of pyridine rings is 1. The number of carbonyl (C=O) groups excluding carboxylic acids is 5. The first-order chi connectivity index (χ1) is 40.0. The molecule has 4 aromatic rings. The van der Waals surface area contributed by atoms with E-state index < -0.39 is 54.2 Å². The van der Waals surface area contributed by atoms with E-state index in [4.69, 9.17) is 14.5 Å². The number of amides is 4. The number of methoxy groups -OCH3 is 1. The molecule has 8 heterocycles. The van der Waals surface area contributed by atoms with Crippen molar-refractivity contribution in [2.75, 3.05) is 105 Å². The second-order valence-corrected chi connectivity index (χ2v) is 26.4. The number of benzene rings is 2. The van der Waals surface area contributed by atoms with Gasteiger partial charge in [-0.05, 0) is 105 Å². The Labute approximate surface area is 491 Å². The van der Waals surface area contributed by atoms with E-state index in [1.165, 1.54) is 27.3 Å². The van der Waals surface area contributed by atoms with Gasteiger partial charge in [0.2, 0.25) is 17.7 Å². The molecule has 7 aliphatic rings. The number of rotatable bonds is 13. The van der Waals surface area contributed by atoms with Crippen LogP contribution in [0.2, 0.25) is 0 Å². The fourth-order valence-corrected chi connectivity index (χ4v) is 13.9. The number of cyclic esters (lactones) is 1. The van der Waals surface area contributed by atoms with Crippen LogP contribution in [-0.2, 0) is 52.8 Å². The lowest BCUT2D eigenvalue weighted by molar-refractivity contribution is -0.155. The molecule has 0 radical (unpaired) electrons. The van der Waals surface area contributed by atoms with Gasteiger partial charge in [-0.15, -0.1) is 0 Å². The van der Waals surface area contributed by atoms with Gasteiger partial charge >= 0.3 is 12.1 Å². The largest absolute Gasteiger partial charge is 0.464 e. The SMILES string of the molecule is CO[C@@H](C)c1ncc(N2CCN(C3CC3)CC2)cc1-c1c2c3cc(ccc3n1CC(F)(F)F)-c1cccc(c1)C[C@H](NC(=O)[C@H](C(C)C)N1CC[C@]3(CCN(C(=O)[C@H]4CN4CC(=O)N(C)C)C3)C1)C(=O)N1CCC[C@H](N1)C(=O)OCC(C)(C)C2. The monoisotopic (exact) mass is 1160 g/mol. The molecule has 1 spiro atoms. The number of aromatic nitrogens is 2. The Kier molecular flexibility index (Phi) is 16.8. The van der Waals surface area contributed by atoms with Crippen LogP contribution in [0.25, 0.3) is 33.3 Å². The maximum atomic E-state index is 15.2. The highest BCUT2D eigenvalue weighted by Crippen LogP contribution is 2.45. The Morgan fingerprint density at radius 2 is 1.68 bits per heavy atom. The van der Waals surface area contributed by atoms with Crippen LogP contribution in [0.1, 0.15) is 96.1 Å². The number of hydrogen-bond donors (Lipinski definition) is 2. The standard InChI is InChI=1S/C63H84F3N11O7/c1-39(2)55(73-21-18-62(35-73)19-22-74(36-62)59(81)52-33-75(52)34-53(78)70(6)7)57(79)68-50-28-41-11-9-12-42(27-41)43-14-17-51-46(29-43)48(31-61(4,5)38-84-60(82)49-13-10-20-77(69-49)58(50)80)56(76(51)37-63(64,65)66)47-30-45(32-67-54(47)40(3)83-8)72-25-23-71(24-26-72)44-15-16-44/h9,11-12,14,17,27,29-30,32,39-40,44,49-50,52,55,69H,10,13,15-16,18-26,28,31,33-38H2,1-8H3,(H,68,79)/t40-,49-,50-,52+,55-,62-,75?/m0/s1. The minimum absolute atomic E-state index is 0.0399. The zero-order valence-corrected chi connectivity index (χ0v) is 50.1. The minimum atomic E-state index is -4.61. The lowest BCUT2D eigenvalue weighted by atomic mass is 9.84. The van der Waals surface area contributed by atoms with Crippen molar-refractivity contribution in [3.05, 3.63) is 71.5 Å². The maximum absolute atomic E-state index is 15.2. The molecule has 11 rings (SSSR count). The summed E-state index contributed by atoms with van der Waals surface area (Å²) in [5, 5.41) is 5.27. The molecule has 1 saturated carbocycles. The highest BCUT2D eigenvalue weighted by atomic mass is 19.4. The predicted molar refractivity (Wildman–Crippen MR) is 313 cm³/mol. The van der Waals surface area contributed by atoms with Crippen molar-refractivity contribution < 1.29 is 46.6 Å². The zero-order valence-electron chi connectivity index (χ0n) is 50.1. The average molecular weight is 1160 g/mol. The Morgan fingerprint density at radius 3 is 2.39 bits per heavy atom. The Hall–Kier alpha value is -6.13. The fraction of sp³-hybridized carbons (Fsp3) is 0.619. The Morgan fingerprint density at radius 1 is 0.929 bits per heavy atom. The number of hydrogen-bond acceptors (Lipinski definition) is 13. The molecule has 6 bridgehead atoms. The number of carbonyl (C=O) groups is 5. The number of nitrogens with zero attached hydrogens (tertiary/aromatic N) is 9. The van der Waals surface area contributed by atoms with E-state index in [1.54, 1.807) is 27.3 Å². The molecule has 2 N–H and O–H groups in total. The lowest BCUT2D eigenvalue weighted by Gasteiger charge is -2.37. The van der Waals surface area contributed by atoms with Crippen LogP contribution < -0.4 is 15.6 Å². The number of likely N-dealkylation sites (tertiary alicyclic amines) is 2. The van der Waals surface area contributed by atoms with Crippen LogP contribution in [0, 0.1) is 16.7 Å². The summed E-state index contributed by atoms with van der Waals surface area (Å²) in [5.41, 5.74) is 7.74. The van der Waals surface area contributed by atoms with E-state index in [1.807, 2.05) is 93.1 Å². The third kappa shape index (κ3) is 12.7. The summed E-state index contributed by atoms with van der Waals surface area (Å²) in [5.74, 6) is -1.39. The number of hydrazine groups is 1. The van der Waals surface area contributed by atoms with Crippen molar-refractivity contribution in [2.45, 2.75) is 135 Å². The van der Waals surface area contributed by atoms with E-state index in [2.05, 4.69) is 25.4 Å². The molecule has 7 atom stereocenters. The molecular weight excluding hydrogens is 1080 g/mol. The molecule has 2 aromatic heterocycles. The summed E-state index contributed by atoms with van der Waals surface area (Å²) < 4.78 is 59.1. The topological polar surface area (TPSA) is 168 Å². The van der Waals surface area contributed by atoms with E-state index >= 15 is 18.0 Å². The van der Waals surface area contributed by atoms with E-state index in [0.29, 0.717) is 91.6 Å². The van der Waals surface area contributed by atoms with Crippen molar-refractivity contribution in [3.8, 4) is 22.4 Å². The quantitative estimate of drug-likeness (QED) is 0.113. The normalized spacial score (nSPS) is 25.9. The number of nitrogens with one attached hydrogen (secondary N) is 2. The maximum Gasteiger partial charge on any atom is 0.406 e. The number of fused-ring (bicyclic) bond motifs is 6. The molecule has 454 valence electrons. The molecular formula is C63H84F3N11O7.